The van der Waals surface area contributed by atoms with Gasteiger partial charge in [-0.25, -0.2) is 4.79 Å². The van der Waals surface area contributed by atoms with E-state index < -0.39 is 0 Å². The molecule has 0 spiro atoms. The fourth-order valence-corrected chi connectivity index (χ4v) is 5.15. The van der Waals surface area contributed by atoms with Crippen molar-refractivity contribution in [3.63, 3.8) is 0 Å². The van der Waals surface area contributed by atoms with Gasteiger partial charge in [0.05, 0.1) is 24.6 Å². The number of anilines is 2. The van der Waals surface area contributed by atoms with Gasteiger partial charge in [0.25, 0.3) is 5.91 Å². The number of nitrogens with two attached hydrogens (primary N) is 1. The summed E-state index contributed by atoms with van der Waals surface area (Å²) in [5.74, 6) is -0.190. The molecule has 1 unspecified atom stereocenters. The molecule has 1 aromatic rings. The van der Waals surface area contributed by atoms with Crippen molar-refractivity contribution in [2.45, 2.75) is 51.0 Å². The number of hydrogen-bond acceptors (Lipinski definition) is 6. The lowest BCUT2D eigenvalue weighted by Crippen LogP contribution is -2.46. The Labute approximate surface area is 220 Å². The number of dihydropyridines is 1. The third-order valence-corrected chi connectivity index (χ3v) is 7.39. The molecule has 9 heteroatoms. The number of benzene rings is 1. The Morgan fingerprint density at radius 2 is 1.89 bits per heavy atom. The molecule has 9 nitrogen and oxygen atoms in total. The highest BCUT2D eigenvalue weighted by Crippen LogP contribution is 2.19. The van der Waals surface area contributed by atoms with Crippen molar-refractivity contribution in [1.82, 2.24) is 15.1 Å². The number of hydrogen-bond donors (Lipinski definition) is 3. The zero-order valence-corrected chi connectivity index (χ0v) is 21.9. The molecular formula is C28H42N6O3. The van der Waals surface area contributed by atoms with E-state index in [1.54, 1.807) is 18.2 Å². The Hall–Kier alpha value is -2.91. The Morgan fingerprint density at radius 1 is 1.11 bits per heavy atom. The van der Waals surface area contributed by atoms with Gasteiger partial charge in [-0.2, -0.15) is 0 Å². The number of rotatable bonds is 11. The molecule has 2 heterocycles. The van der Waals surface area contributed by atoms with Crippen LogP contribution in [-0.2, 0) is 9.53 Å². The van der Waals surface area contributed by atoms with E-state index in [0.717, 1.165) is 71.5 Å². The number of amides is 3. The Bertz CT molecular complexity index is 953. The molecule has 3 aliphatic rings. The molecule has 4 N–H and O–H groups in total. The maximum atomic E-state index is 13.1. The standard InChI is InChI=1S/C28H42N6O3/c29-24-10-4-5-11-25(24)32-27(35)26-13-12-22(20-30-26)21-34(28(36)31-23-8-2-3-9-23)15-7-1-6-14-33-16-18-37-19-17-33/h4-5,10-13,22-23H,1-3,6-9,14-21,29H2,(H,31,36)(H,32,35). The van der Waals surface area contributed by atoms with E-state index in [0.29, 0.717) is 30.2 Å². The maximum Gasteiger partial charge on any atom is 0.317 e. The summed E-state index contributed by atoms with van der Waals surface area (Å²) in [5.41, 5.74) is 7.41. The first-order chi connectivity index (χ1) is 18.1. The normalized spacial score (nSPS) is 20.4. The van der Waals surface area contributed by atoms with Crippen LogP contribution in [-0.4, -0.2) is 86.0 Å². The number of carbonyl (C=O) groups excluding carboxylic acids is 2. The summed E-state index contributed by atoms with van der Waals surface area (Å²) in [6.07, 6.45) is 11.5. The fraction of sp³-hybridized carbons (Fsp3) is 0.607. The van der Waals surface area contributed by atoms with E-state index in [2.05, 4.69) is 20.5 Å². The van der Waals surface area contributed by atoms with Gasteiger partial charge >= 0.3 is 6.03 Å². The van der Waals surface area contributed by atoms with Crippen molar-refractivity contribution >= 4 is 29.0 Å². The number of ether oxygens (including phenoxy) is 1. The number of para-hydroxylation sites is 2. The first-order valence-corrected chi connectivity index (χ1v) is 13.8. The highest BCUT2D eigenvalue weighted by Gasteiger charge is 2.24. The van der Waals surface area contributed by atoms with Gasteiger partial charge in [-0.15, -0.1) is 0 Å². The zero-order chi connectivity index (χ0) is 25.9. The smallest absolute Gasteiger partial charge is 0.317 e. The Balaban J connectivity index is 1.25. The van der Waals surface area contributed by atoms with Gasteiger partial charge in [0.1, 0.15) is 5.71 Å². The number of carbonyl (C=O) groups is 2. The SMILES string of the molecule is Nc1ccccc1NC(=O)C1=NCC(CN(CCCCCN2CCOCC2)C(=O)NC2CCCC2)C=C1. The minimum absolute atomic E-state index is 0.0283. The van der Waals surface area contributed by atoms with Crippen LogP contribution in [0.5, 0.6) is 0 Å². The molecule has 1 atom stereocenters. The van der Waals surface area contributed by atoms with Crippen molar-refractivity contribution < 1.29 is 14.3 Å². The van der Waals surface area contributed by atoms with E-state index in [9.17, 15) is 9.59 Å². The monoisotopic (exact) mass is 510 g/mol. The van der Waals surface area contributed by atoms with Crippen molar-refractivity contribution in [3.05, 3.63) is 36.4 Å². The average Bonchev–Trinajstić information content (AvgIpc) is 3.43. The van der Waals surface area contributed by atoms with Crippen LogP contribution in [0.2, 0.25) is 0 Å². The largest absolute Gasteiger partial charge is 0.397 e. The number of morpholine rings is 1. The first-order valence-electron chi connectivity index (χ1n) is 13.8. The lowest BCUT2D eigenvalue weighted by Gasteiger charge is -2.29. The van der Waals surface area contributed by atoms with Crippen molar-refractivity contribution in [2.24, 2.45) is 10.9 Å². The van der Waals surface area contributed by atoms with Crippen molar-refractivity contribution in [3.8, 4) is 0 Å². The topological polar surface area (TPSA) is 112 Å². The van der Waals surface area contributed by atoms with Crippen LogP contribution in [0, 0.1) is 5.92 Å². The van der Waals surface area contributed by atoms with Crippen LogP contribution in [0.4, 0.5) is 16.2 Å². The predicted octanol–water partition coefficient (Wildman–Crippen LogP) is 3.29. The number of unbranched alkanes of at least 4 members (excludes halogenated alkanes) is 2. The fourth-order valence-electron chi connectivity index (χ4n) is 5.15. The van der Waals surface area contributed by atoms with Crippen LogP contribution in [0.25, 0.3) is 0 Å². The van der Waals surface area contributed by atoms with Crippen LogP contribution < -0.4 is 16.4 Å². The third kappa shape index (κ3) is 8.57. The minimum Gasteiger partial charge on any atom is -0.397 e. The molecule has 0 radical (unpaired) electrons. The molecular weight excluding hydrogens is 468 g/mol. The van der Waals surface area contributed by atoms with Crippen LogP contribution in [0.3, 0.4) is 0 Å². The summed E-state index contributed by atoms with van der Waals surface area (Å²) in [5, 5.41) is 6.08. The van der Waals surface area contributed by atoms with Crippen molar-refractivity contribution in [1.29, 1.82) is 0 Å². The summed E-state index contributed by atoms with van der Waals surface area (Å²) in [6.45, 7) is 6.60. The predicted molar refractivity (Wildman–Crippen MR) is 148 cm³/mol. The van der Waals surface area contributed by atoms with Crippen molar-refractivity contribution in [2.75, 3.05) is 63.5 Å². The van der Waals surface area contributed by atoms with E-state index >= 15 is 0 Å². The number of aliphatic imine (C=N–C) groups is 1. The average molecular weight is 511 g/mol. The van der Waals surface area contributed by atoms with E-state index in [4.69, 9.17) is 10.5 Å². The summed E-state index contributed by atoms with van der Waals surface area (Å²) >= 11 is 0. The third-order valence-electron chi connectivity index (χ3n) is 7.39. The van der Waals surface area contributed by atoms with Crippen LogP contribution >= 0.6 is 0 Å². The maximum absolute atomic E-state index is 13.1. The lowest BCUT2D eigenvalue weighted by molar-refractivity contribution is -0.110. The van der Waals surface area contributed by atoms with Gasteiger partial charge in [-0.05, 0) is 50.4 Å². The Kier molecular flexibility index (Phi) is 10.4. The molecule has 202 valence electrons. The van der Waals surface area contributed by atoms with Gasteiger partial charge in [0.2, 0.25) is 0 Å². The summed E-state index contributed by atoms with van der Waals surface area (Å²) in [7, 11) is 0. The van der Waals surface area contributed by atoms with Gasteiger partial charge in [-0.1, -0.05) is 37.5 Å². The summed E-state index contributed by atoms with van der Waals surface area (Å²) in [6, 6.07) is 7.49. The number of urea groups is 1. The van der Waals surface area contributed by atoms with Crippen LogP contribution in [0.15, 0.2) is 41.4 Å². The molecule has 1 aliphatic carbocycles. The summed E-state index contributed by atoms with van der Waals surface area (Å²) < 4.78 is 5.43. The molecule has 1 aromatic carbocycles. The number of nitrogens with zero attached hydrogens (tertiary/aromatic N) is 3. The molecule has 1 saturated heterocycles. The lowest BCUT2D eigenvalue weighted by atomic mass is 10.0. The number of nitrogens with one attached hydrogen (secondary N) is 2. The molecule has 4 rings (SSSR count). The zero-order valence-electron chi connectivity index (χ0n) is 21.9. The molecule has 3 amide bonds. The molecule has 37 heavy (non-hydrogen) atoms. The highest BCUT2D eigenvalue weighted by atomic mass is 16.5. The molecule has 0 bridgehead atoms. The van der Waals surface area contributed by atoms with E-state index in [1.165, 1.54) is 12.8 Å². The Morgan fingerprint density at radius 3 is 2.62 bits per heavy atom. The van der Waals surface area contributed by atoms with Gasteiger partial charge in [0.15, 0.2) is 0 Å². The summed E-state index contributed by atoms with van der Waals surface area (Å²) in [4.78, 5) is 34.7. The highest BCUT2D eigenvalue weighted by molar-refractivity contribution is 6.47. The molecule has 0 aromatic heterocycles. The second-order valence-electron chi connectivity index (χ2n) is 10.3. The molecule has 2 fully saturated rings. The quantitative estimate of drug-likeness (QED) is 0.312. The second-order valence-corrected chi connectivity index (χ2v) is 10.3. The molecule has 1 saturated carbocycles. The molecule has 2 aliphatic heterocycles. The van der Waals surface area contributed by atoms with E-state index in [-0.39, 0.29) is 23.9 Å². The van der Waals surface area contributed by atoms with Gasteiger partial charge in [-0.3, -0.25) is 14.7 Å². The van der Waals surface area contributed by atoms with Crippen LogP contribution in [0.1, 0.15) is 44.9 Å². The second kappa shape index (κ2) is 14.1. The number of nitrogen functional groups attached to an aromatic ring is 1. The van der Waals surface area contributed by atoms with Gasteiger partial charge in [0, 0.05) is 44.7 Å². The first kappa shape index (κ1) is 27.1. The minimum atomic E-state index is -0.274. The van der Waals surface area contributed by atoms with Gasteiger partial charge < -0.3 is 26.0 Å². The van der Waals surface area contributed by atoms with E-state index in [1.807, 2.05) is 23.1 Å².